The first-order valence-electron chi connectivity index (χ1n) is 9.08. The Kier molecular flexibility index (Phi) is 4.55. The lowest BCUT2D eigenvalue weighted by atomic mass is 10.1. The Hall–Kier alpha value is -3.28. The molecule has 1 aliphatic rings. The van der Waals surface area contributed by atoms with Gasteiger partial charge in [0.1, 0.15) is 5.82 Å². The molecule has 1 amide bonds. The van der Waals surface area contributed by atoms with Gasteiger partial charge in [-0.05, 0) is 48.7 Å². The fraction of sp³-hybridized carbons (Fsp3) is 0.273. The van der Waals surface area contributed by atoms with Crippen molar-refractivity contribution in [3.8, 4) is 17.2 Å². The first-order chi connectivity index (χ1) is 13.5. The number of aryl methyl sites for hydroxylation is 1. The van der Waals surface area contributed by atoms with Crippen molar-refractivity contribution in [2.75, 3.05) is 32.8 Å². The van der Waals surface area contributed by atoms with Gasteiger partial charge in [-0.3, -0.25) is 9.69 Å². The lowest BCUT2D eigenvalue weighted by Crippen LogP contribution is -2.29. The van der Waals surface area contributed by atoms with Crippen molar-refractivity contribution in [2.45, 2.75) is 13.3 Å². The molecule has 0 aliphatic carbocycles. The Bertz CT molecular complexity index is 1050. The number of methoxy groups -OCH3 is 3. The Balaban J connectivity index is 1.77. The number of fused-ring (bicyclic) bond motifs is 2. The molecule has 2 aromatic carbocycles. The zero-order valence-electron chi connectivity index (χ0n) is 16.4. The predicted molar refractivity (Wildman–Crippen MR) is 108 cm³/mol. The molecule has 144 valence electrons. The minimum Gasteiger partial charge on any atom is -0.493 e. The smallest absolute Gasteiger partial charge is 0.259 e. The summed E-state index contributed by atoms with van der Waals surface area (Å²) in [5.41, 5.74) is 3.58. The van der Waals surface area contributed by atoms with E-state index in [1.807, 2.05) is 13.0 Å². The van der Waals surface area contributed by atoms with Gasteiger partial charge in [-0.1, -0.05) is 12.1 Å². The minimum absolute atomic E-state index is 0.141. The van der Waals surface area contributed by atoms with E-state index < -0.39 is 0 Å². The highest BCUT2D eigenvalue weighted by Crippen LogP contribution is 2.39. The van der Waals surface area contributed by atoms with Crippen LogP contribution in [0.3, 0.4) is 0 Å². The number of rotatable bonds is 4. The van der Waals surface area contributed by atoms with Gasteiger partial charge in [0.15, 0.2) is 11.5 Å². The van der Waals surface area contributed by atoms with Crippen molar-refractivity contribution < 1.29 is 19.0 Å². The van der Waals surface area contributed by atoms with Crippen LogP contribution in [0.2, 0.25) is 0 Å². The summed E-state index contributed by atoms with van der Waals surface area (Å²) in [5.74, 6) is 1.94. The molecule has 0 radical (unpaired) electrons. The first kappa shape index (κ1) is 18.1. The van der Waals surface area contributed by atoms with Crippen molar-refractivity contribution in [3.05, 3.63) is 53.1 Å². The standard InChI is InChI=1S/C22H22N2O4/c1-13-5-6-14-10-15-7-8-24(21(15)23-17(14)9-13)22(25)16-11-18(26-2)20(28-4)19(12-16)27-3/h5-6,9-12H,7-8H2,1-4H3. The van der Waals surface area contributed by atoms with E-state index in [4.69, 9.17) is 19.2 Å². The molecule has 28 heavy (non-hydrogen) atoms. The molecular formula is C22H22N2O4. The molecule has 0 fully saturated rings. The number of pyridine rings is 1. The Labute approximate surface area is 163 Å². The van der Waals surface area contributed by atoms with Crippen molar-refractivity contribution in [1.82, 2.24) is 4.98 Å². The predicted octanol–water partition coefficient (Wildman–Crippen LogP) is 3.77. The number of carbonyl (C=O) groups is 1. The monoisotopic (exact) mass is 378 g/mol. The molecule has 0 saturated heterocycles. The summed E-state index contributed by atoms with van der Waals surface area (Å²) in [4.78, 5) is 19.8. The number of aromatic nitrogens is 1. The fourth-order valence-corrected chi connectivity index (χ4v) is 3.62. The molecule has 6 nitrogen and oxygen atoms in total. The van der Waals surface area contributed by atoms with Crippen molar-refractivity contribution in [2.24, 2.45) is 0 Å². The average molecular weight is 378 g/mol. The second-order valence-corrected chi connectivity index (χ2v) is 6.79. The molecule has 0 saturated carbocycles. The van der Waals surface area contributed by atoms with Crippen LogP contribution in [0.4, 0.5) is 5.82 Å². The number of carbonyl (C=O) groups excluding carboxylic acids is 1. The van der Waals surface area contributed by atoms with Gasteiger partial charge < -0.3 is 14.2 Å². The molecule has 0 spiro atoms. The molecule has 3 aromatic rings. The van der Waals surface area contributed by atoms with E-state index in [2.05, 4.69) is 18.2 Å². The van der Waals surface area contributed by atoms with E-state index >= 15 is 0 Å². The largest absolute Gasteiger partial charge is 0.493 e. The van der Waals surface area contributed by atoms with E-state index in [0.29, 0.717) is 29.4 Å². The zero-order chi connectivity index (χ0) is 19.8. The van der Waals surface area contributed by atoms with Crippen molar-refractivity contribution in [1.29, 1.82) is 0 Å². The molecule has 0 N–H and O–H groups in total. The topological polar surface area (TPSA) is 60.9 Å². The van der Waals surface area contributed by atoms with Gasteiger partial charge in [-0.2, -0.15) is 0 Å². The highest BCUT2D eigenvalue weighted by atomic mass is 16.5. The third kappa shape index (κ3) is 2.91. The Morgan fingerprint density at radius 1 is 1.00 bits per heavy atom. The summed E-state index contributed by atoms with van der Waals surface area (Å²) < 4.78 is 16.1. The van der Waals surface area contributed by atoms with Crippen molar-refractivity contribution in [3.63, 3.8) is 0 Å². The lowest BCUT2D eigenvalue weighted by molar-refractivity contribution is 0.0988. The van der Waals surface area contributed by atoms with Gasteiger partial charge in [0.2, 0.25) is 5.75 Å². The van der Waals surface area contributed by atoms with E-state index in [-0.39, 0.29) is 5.91 Å². The van der Waals surface area contributed by atoms with E-state index in [0.717, 1.165) is 34.3 Å². The SMILES string of the molecule is COc1cc(C(=O)N2CCc3cc4ccc(C)cc4nc32)cc(OC)c1OC. The molecule has 4 rings (SSSR count). The van der Waals surface area contributed by atoms with Crippen LogP contribution in [0.15, 0.2) is 36.4 Å². The number of amides is 1. The molecule has 6 heteroatoms. The molecule has 0 bridgehead atoms. The van der Waals surface area contributed by atoms with Gasteiger partial charge in [0, 0.05) is 17.5 Å². The summed E-state index contributed by atoms with van der Waals surface area (Å²) >= 11 is 0. The molecule has 1 aliphatic heterocycles. The van der Waals surface area contributed by atoms with Crippen LogP contribution < -0.4 is 19.1 Å². The number of ether oxygens (including phenoxy) is 3. The van der Waals surface area contributed by atoms with Crippen molar-refractivity contribution >= 4 is 22.6 Å². The Morgan fingerprint density at radius 2 is 1.71 bits per heavy atom. The number of benzene rings is 2. The number of anilines is 1. The molecule has 0 atom stereocenters. The lowest BCUT2D eigenvalue weighted by Gasteiger charge is -2.19. The average Bonchev–Trinajstić information content (AvgIpc) is 3.12. The molecule has 1 aromatic heterocycles. The summed E-state index contributed by atoms with van der Waals surface area (Å²) in [7, 11) is 4.61. The third-order valence-corrected chi connectivity index (χ3v) is 5.05. The van der Waals surface area contributed by atoms with E-state index in [1.54, 1.807) is 17.0 Å². The summed E-state index contributed by atoms with van der Waals surface area (Å²) in [6.45, 7) is 2.63. The quantitative estimate of drug-likeness (QED) is 0.692. The minimum atomic E-state index is -0.141. The van der Waals surface area contributed by atoms with Gasteiger partial charge >= 0.3 is 0 Å². The van der Waals surface area contributed by atoms with Crippen LogP contribution >= 0.6 is 0 Å². The number of hydrogen-bond donors (Lipinski definition) is 0. The van der Waals surface area contributed by atoms with Crippen LogP contribution in [0.1, 0.15) is 21.5 Å². The summed E-state index contributed by atoms with van der Waals surface area (Å²) in [6, 6.07) is 11.7. The highest BCUT2D eigenvalue weighted by Gasteiger charge is 2.29. The van der Waals surface area contributed by atoms with Crippen LogP contribution in [-0.4, -0.2) is 38.8 Å². The van der Waals surface area contributed by atoms with Gasteiger partial charge in [0.05, 0.1) is 26.8 Å². The Morgan fingerprint density at radius 3 is 2.36 bits per heavy atom. The maximum absolute atomic E-state index is 13.3. The maximum Gasteiger partial charge on any atom is 0.259 e. The molecule has 2 heterocycles. The molecular weight excluding hydrogens is 356 g/mol. The maximum atomic E-state index is 13.3. The number of hydrogen-bond acceptors (Lipinski definition) is 5. The van der Waals surface area contributed by atoms with Crippen LogP contribution in [-0.2, 0) is 6.42 Å². The first-order valence-corrected chi connectivity index (χ1v) is 9.08. The number of nitrogens with zero attached hydrogens (tertiary/aromatic N) is 2. The molecule has 0 unspecified atom stereocenters. The summed E-state index contributed by atoms with van der Waals surface area (Å²) in [6.07, 6.45) is 0.780. The summed E-state index contributed by atoms with van der Waals surface area (Å²) in [5, 5.41) is 1.09. The van der Waals surface area contributed by atoms with Gasteiger partial charge in [0.25, 0.3) is 5.91 Å². The van der Waals surface area contributed by atoms with E-state index in [1.165, 1.54) is 21.3 Å². The zero-order valence-corrected chi connectivity index (χ0v) is 16.4. The fourth-order valence-electron chi connectivity index (χ4n) is 3.62. The van der Waals surface area contributed by atoms with Crippen LogP contribution in [0.5, 0.6) is 17.2 Å². The normalized spacial score (nSPS) is 12.8. The second-order valence-electron chi connectivity index (χ2n) is 6.79. The van der Waals surface area contributed by atoms with Gasteiger partial charge in [-0.25, -0.2) is 4.98 Å². The van der Waals surface area contributed by atoms with Crippen LogP contribution in [0.25, 0.3) is 10.9 Å². The highest BCUT2D eigenvalue weighted by molar-refractivity contribution is 6.08. The second kappa shape index (κ2) is 7.03. The van der Waals surface area contributed by atoms with Crippen LogP contribution in [0, 0.1) is 6.92 Å². The third-order valence-electron chi connectivity index (χ3n) is 5.05. The van der Waals surface area contributed by atoms with Gasteiger partial charge in [-0.15, -0.1) is 0 Å². The van der Waals surface area contributed by atoms with E-state index in [9.17, 15) is 4.79 Å².